The van der Waals surface area contributed by atoms with E-state index in [0.717, 1.165) is 27.2 Å². The third kappa shape index (κ3) is 3.68. The van der Waals surface area contributed by atoms with Crippen molar-refractivity contribution in [3.8, 4) is 5.75 Å². The van der Waals surface area contributed by atoms with Gasteiger partial charge in [-0.15, -0.1) is 11.8 Å². The molecule has 5 heteroatoms. The second-order valence-corrected chi connectivity index (χ2v) is 6.17. The monoisotopic (exact) mass is 338 g/mol. The van der Waals surface area contributed by atoms with E-state index in [2.05, 4.69) is 10.3 Å². The van der Waals surface area contributed by atoms with Crippen molar-refractivity contribution in [3.63, 3.8) is 0 Å². The van der Waals surface area contributed by atoms with Gasteiger partial charge < -0.3 is 10.1 Å². The molecule has 0 fully saturated rings. The number of anilines is 1. The molecule has 1 amide bonds. The summed E-state index contributed by atoms with van der Waals surface area (Å²) >= 11 is 1.59. The molecule has 0 aliphatic rings. The zero-order valence-corrected chi connectivity index (χ0v) is 14.4. The van der Waals surface area contributed by atoms with Crippen LogP contribution in [-0.4, -0.2) is 23.8 Å². The number of aromatic nitrogens is 1. The fraction of sp³-hybridized carbons (Fsp3) is 0.158. The van der Waals surface area contributed by atoms with Gasteiger partial charge in [0.05, 0.1) is 5.69 Å². The number of benzene rings is 2. The maximum Gasteiger partial charge on any atom is 0.262 e. The van der Waals surface area contributed by atoms with Gasteiger partial charge in [0.1, 0.15) is 11.3 Å². The topological polar surface area (TPSA) is 51.2 Å². The van der Waals surface area contributed by atoms with Crippen molar-refractivity contribution in [1.82, 2.24) is 4.98 Å². The van der Waals surface area contributed by atoms with E-state index in [1.807, 2.05) is 67.8 Å². The Balaban J connectivity index is 1.72. The third-order valence-electron chi connectivity index (χ3n) is 3.56. The maximum absolute atomic E-state index is 12.2. The van der Waals surface area contributed by atoms with Gasteiger partial charge in [-0.25, -0.2) is 4.98 Å². The van der Waals surface area contributed by atoms with Crippen molar-refractivity contribution in [3.05, 3.63) is 60.3 Å². The summed E-state index contributed by atoms with van der Waals surface area (Å²) in [5, 5.41) is 3.88. The first-order valence-electron chi connectivity index (χ1n) is 7.59. The van der Waals surface area contributed by atoms with Crippen molar-refractivity contribution < 1.29 is 9.53 Å². The normalized spacial score (nSPS) is 10.6. The average Bonchev–Trinajstić information content (AvgIpc) is 2.60. The largest absolute Gasteiger partial charge is 0.481 e. The molecular weight excluding hydrogens is 320 g/mol. The molecule has 3 rings (SSSR count). The Labute approximate surface area is 145 Å². The smallest absolute Gasteiger partial charge is 0.262 e. The van der Waals surface area contributed by atoms with Gasteiger partial charge >= 0.3 is 0 Å². The number of nitrogens with zero attached hydrogens (tertiary/aromatic N) is 1. The summed E-state index contributed by atoms with van der Waals surface area (Å²) in [6, 6.07) is 17.4. The second kappa shape index (κ2) is 7.36. The zero-order chi connectivity index (χ0) is 16.9. The number of nitrogens with one attached hydrogen (secondary N) is 1. The minimum absolute atomic E-state index is 0.0581. The third-order valence-corrected chi connectivity index (χ3v) is 4.36. The summed E-state index contributed by atoms with van der Waals surface area (Å²) in [5.74, 6) is 0.422. The van der Waals surface area contributed by atoms with Gasteiger partial charge in [-0.2, -0.15) is 0 Å². The van der Waals surface area contributed by atoms with Crippen molar-refractivity contribution in [2.45, 2.75) is 11.8 Å². The van der Waals surface area contributed by atoms with Gasteiger partial charge in [-0.3, -0.25) is 4.79 Å². The molecule has 1 aromatic heterocycles. The maximum atomic E-state index is 12.2. The molecule has 0 atom stereocenters. The van der Waals surface area contributed by atoms with Crippen LogP contribution < -0.4 is 10.1 Å². The van der Waals surface area contributed by atoms with E-state index in [1.165, 1.54) is 0 Å². The molecule has 0 bridgehead atoms. The first-order valence-corrected chi connectivity index (χ1v) is 8.82. The lowest BCUT2D eigenvalue weighted by Crippen LogP contribution is -2.20. The highest BCUT2D eigenvalue weighted by atomic mass is 32.2. The first-order chi connectivity index (χ1) is 11.7. The predicted molar refractivity (Wildman–Crippen MR) is 98.8 cm³/mol. The SMILES string of the molecule is CSc1ccccc1NC(=O)COc1cccc2ccc(C)nc12. The molecule has 1 N–H and O–H groups in total. The van der Waals surface area contributed by atoms with E-state index in [0.29, 0.717) is 5.75 Å². The highest BCUT2D eigenvalue weighted by Crippen LogP contribution is 2.25. The quantitative estimate of drug-likeness (QED) is 0.705. The minimum atomic E-state index is -0.193. The molecular formula is C19H18N2O2S. The van der Waals surface area contributed by atoms with Gasteiger partial charge in [0.15, 0.2) is 6.61 Å². The zero-order valence-electron chi connectivity index (χ0n) is 13.6. The highest BCUT2D eigenvalue weighted by Gasteiger charge is 2.09. The van der Waals surface area contributed by atoms with E-state index in [4.69, 9.17) is 4.74 Å². The lowest BCUT2D eigenvalue weighted by atomic mass is 10.2. The van der Waals surface area contributed by atoms with E-state index >= 15 is 0 Å². The molecule has 3 aromatic rings. The Morgan fingerprint density at radius 1 is 1.12 bits per heavy atom. The standard InChI is InChI=1S/C19H18N2O2S/c1-13-10-11-14-6-5-8-16(19(14)20-13)23-12-18(22)21-15-7-3-4-9-17(15)24-2/h3-11H,12H2,1-2H3,(H,21,22). The molecule has 0 saturated carbocycles. The Kier molecular flexibility index (Phi) is 5.01. The van der Waals surface area contributed by atoms with E-state index < -0.39 is 0 Å². The average molecular weight is 338 g/mol. The van der Waals surface area contributed by atoms with E-state index in [9.17, 15) is 4.79 Å². The molecule has 0 saturated heterocycles. The number of aryl methyl sites for hydroxylation is 1. The molecule has 0 spiro atoms. The van der Waals surface area contributed by atoms with Crippen LogP contribution in [0.3, 0.4) is 0 Å². The molecule has 0 aliphatic carbocycles. The van der Waals surface area contributed by atoms with Crippen LogP contribution >= 0.6 is 11.8 Å². The van der Waals surface area contributed by atoms with Gasteiger partial charge in [-0.05, 0) is 37.4 Å². The second-order valence-electron chi connectivity index (χ2n) is 5.32. The van der Waals surface area contributed by atoms with Gasteiger partial charge in [0.2, 0.25) is 0 Å². The molecule has 0 unspecified atom stereocenters. The van der Waals surface area contributed by atoms with Crippen LogP contribution in [0.1, 0.15) is 5.69 Å². The number of hydrogen-bond donors (Lipinski definition) is 1. The summed E-state index contributed by atoms with van der Waals surface area (Å²) in [4.78, 5) is 17.7. The number of rotatable bonds is 5. The Morgan fingerprint density at radius 2 is 1.96 bits per heavy atom. The number of para-hydroxylation sites is 2. The van der Waals surface area contributed by atoms with Gasteiger partial charge in [-0.1, -0.05) is 30.3 Å². The Bertz CT molecular complexity index is 880. The number of hydrogen-bond acceptors (Lipinski definition) is 4. The number of fused-ring (bicyclic) bond motifs is 1. The molecule has 122 valence electrons. The molecule has 2 aromatic carbocycles. The molecule has 0 radical (unpaired) electrons. The van der Waals surface area contributed by atoms with Gasteiger partial charge in [0, 0.05) is 16.0 Å². The van der Waals surface area contributed by atoms with Crippen molar-refractivity contribution >= 4 is 34.3 Å². The fourth-order valence-electron chi connectivity index (χ4n) is 2.41. The summed E-state index contributed by atoms with van der Waals surface area (Å²) in [6.45, 7) is 1.87. The van der Waals surface area contributed by atoms with Crippen molar-refractivity contribution in [2.75, 3.05) is 18.2 Å². The number of pyridine rings is 1. The number of thioether (sulfide) groups is 1. The number of carbonyl (C=O) groups excluding carboxylic acids is 1. The van der Waals surface area contributed by atoms with Crippen LogP contribution in [0, 0.1) is 6.92 Å². The number of amides is 1. The number of ether oxygens (including phenoxy) is 1. The Hall–Kier alpha value is -2.53. The summed E-state index contributed by atoms with van der Waals surface area (Å²) in [5.41, 5.74) is 2.48. The van der Waals surface area contributed by atoms with Crippen LogP contribution in [0.5, 0.6) is 5.75 Å². The highest BCUT2D eigenvalue weighted by molar-refractivity contribution is 7.98. The van der Waals surface area contributed by atoms with Crippen LogP contribution in [0.25, 0.3) is 10.9 Å². The molecule has 4 nitrogen and oxygen atoms in total. The summed E-state index contributed by atoms with van der Waals surface area (Å²) < 4.78 is 5.70. The van der Waals surface area contributed by atoms with Crippen LogP contribution in [0.15, 0.2) is 59.5 Å². The van der Waals surface area contributed by atoms with Crippen LogP contribution in [-0.2, 0) is 4.79 Å². The molecule has 24 heavy (non-hydrogen) atoms. The molecule has 1 heterocycles. The number of carbonyl (C=O) groups is 1. The first kappa shape index (κ1) is 16.3. The lowest BCUT2D eigenvalue weighted by Gasteiger charge is -2.11. The van der Waals surface area contributed by atoms with Crippen LogP contribution in [0.4, 0.5) is 5.69 Å². The van der Waals surface area contributed by atoms with E-state index in [-0.39, 0.29) is 12.5 Å². The summed E-state index contributed by atoms with van der Waals surface area (Å²) in [7, 11) is 0. The van der Waals surface area contributed by atoms with Crippen LogP contribution in [0.2, 0.25) is 0 Å². The summed E-state index contributed by atoms with van der Waals surface area (Å²) in [6.07, 6.45) is 1.98. The molecule has 0 aliphatic heterocycles. The Morgan fingerprint density at radius 3 is 2.79 bits per heavy atom. The van der Waals surface area contributed by atoms with E-state index in [1.54, 1.807) is 11.8 Å². The minimum Gasteiger partial charge on any atom is -0.481 e. The fourth-order valence-corrected chi connectivity index (χ4v) is 2.97. The lowest BCUT2D eigenvalue weighted by molar-refractivity contribution is -0.118. The van der Waals surface area contributed by atoms with Gasteiger partial charge in [0.25, 0.3) is 5.91 Å². The van der Waals surface area contributed by atoms with Crippen molar-refractivity contribution in [1.29, 1.82) is 0 Å². The van der Waals surface area contributed by atoms with Crippen molar-refractivity contribution in [2.24, 2.45) is 0 Å². The predicted octanol–water partition coefficient (Wildman–Crippen LogP) is 4.28.